The second-order valence-electron chi connectivity index (χ2n) is 8.05. The molecule has 1 aromatic carbocycles. The van der Waals surface area contributed by atoms with Crippen molar-refractivity contribution in [3.8, 4) is 17.2 Å². The van der Waals surface area contributed by atoms with E-state index < -0.39 is 0 Å². The van der Waals surface area contributed by atoms with E-state index in [9.17, 15) is 9.59 Å². The van der Waals surface area contributed by atoms with Gasteiger partial charge in [0, 0.05) is 25.6 Å². The molecule has 8 heteroatoms. The van der Waals surface area contributed by atoms with Crippen molar-refractivity contribution in [1.82, 2.24) is 10.2 Å². The molecule has 2 amide bonds. The van der Waals surface area contributed by atoms with Crippen molar-refractivity contribution in [2.75, 3.05) is 41.0 Å². The van der Waals surface area contributed by atoms with E-state index in [1.54, 1.807) is 26.2 Å². The first-order valence-corrected chi connectivity index (χ1v) is 11.3. The first-order valence-electron chi connectivity index (χ1n) is 10.5. The number of carbonyl (C=O) groups excluding carboxylic acids is 2. The third-order valence-corrected chi connectivity index (χ3v) is 6.91. The molecule has 0 bridgehead atoms. The Balaban J connectivity index is 1.64. The standard InChI is InChI=1S/C23H28N2O5S/c1-28-18-9-15(10-19(29-2)21(18)30-3)16-12-25(23(27)20-5-4-8-31-20)13-17(16)22(26)24-11-14-6-7-14/h4-5,8-10,14,16-17H,6-7,11-13H2,1-3H3,(H,24,26). The molecule has 31 heavy (non-hydrogen) atoms. The van der Waals surface area contributed by atoms with E-state index >= 15 is 0 Å². The number of hydrogen-bond donors (Lipinski definition) is 1. The molecule has 2 aromatic rings. The van der Waals surface area contributed by atoms with Crippen LogP contribution in [0.4, 0.5) is 0 Å². The lowest BCUT2D eigenvalue weighted by Crippen LogP contribution is -2.36. The second-order valence-corrected chi connectivity index (χ2v) is 9.00. The van der Waals surface area contributed by atoms with Crippen LogP contribution in [-0.4, -0.2) is 57.7 Å². The van der Waals surface area contributed by atoms with Crippen LogP contribution in [0.15, 0.2) is 29.6 Å². The molecule has 2 atom stereocenters. The molecule has 2 unspecified atom stereocenters. The van der Waals surface area contributed by atoms with E-state index in [1.807, 2.05) is 29.6 Å². The van der Waals surface area contributed by atoms with Crippen molar-refractivity contribution in [2.45, 2.75) is 18.8 Å². The summed E-state index contributed by atoms with van der Waals surface area (Å²) in [6, 6.07) is 7.45. The van der Waals surface area contributed by atoms with Crippen LogP contribution in [0, 0.1) is 11.8 Å². The van der Waals surface area contributed by atoms with Gasteiger partial charge in [0.2, 0.25) is 11.7 Å². The zero-order valence-electron chi connectivity index (χ0n) is 18.1. The van der Waals surface area contributed by atoms with E-state index in [-0.39, 0.29) is 23.7 Å². The smallest absolute Gasteiger partial charge is 0.263 e. The minimum atomic E-state index is -0.342. The van der Waals surface area contributed by atoms with Gasteiger partial charge in [-0.05, 0) is 47.9 Å². The van der Waals surface area contributed by atoms with Crippen LogP contribution in [0.5, 0.6) is 17.2 Å². The minimum absolute atomic E-state index is 0.00729. The molecule has 0 radical (unpaired) electrons. The zero-order valence-corrected chi connectivity index (χ0v) is 18.9. The first kappa shape index (κ1) is 21.5. The van der Waals surface area contributed by atoms with Gasteiger partial charge in [0.25, 0.3) is 5.91 Å². The minimum Gasteiger partial charge on any atom is -0.493 e. The number of likely N-dealkylation sites (tertiary alicyclic amines) is 1. The van der Waals surface area contributed by atoms with E-state index in [1.165, 1.54) is 24.2 Å². The summed E-state index contributed by atoms with van der Waals surface area (Å²) in [5.74, 6) is 1.62. The molecule has 1 aliphatic heterocycles. The Morgan fingerprint density at radius 2 is 1.81 bits per heavy atom. The highest BCUT2D eigenvalue weighted by molar-refractivity contribution is 7.12. The average molecular weight is 445 g/mol. The number of nitrogens with zero attached hydrogens (tertiary/aromatic N) is 1. The van der Waals surface area contributed by atoms with Crippen LogP contribution in [0.3, 0.4) is 0 Å². The molecule has 1 saturated carbocycles. The maximum Gasteiger partial charge on any atom is 0.263 e. The van der Waals surface area contributed by atoms with E-state index in [0.717, 1.165) is 5.56 Å². The summed E-state index contributed by atoms with van der Waals surface area (Å²) in [6.07, 6.45) is 2.34. The molecular formula is C23H28N2O5S. The first-order chi connectivity index (χ1) is 15.0. The number of hydrogen-bond acceptors (Lipinski definition) is 6. The van der Waals surface area contributed by atoms with Gasteiger partial charge in [0.05, 0.1) is 32.1 Å². The lowest BCUT2D eigenvalue weighted by atomic mass is 9.88. The number of carbonyl (C=O) groups is 2. The summed E-state index contributed by atoms with van der Waals surface area (Å²) in [5.41, 5.74) is 0.891. The van der Waals surface area contributed by atoms with Crippen LogP contribution in [-0.2, 0) is 4.79 Å². The number of nitrogens with one attached hydrogen (secondary N) is 1. The number of ether oxygens (including phenoxy) is 3. The largest absolute Gasteiger partial charge is 0.493 e. The zero-order chi connectivity index (χ0) is 22.0. The highest BCUT2D eigenvalue weighted by Gasteiger charge is 2.41. The van der Waals surface area contributed by atoms with Crippen molar-refractivity contribution < 1.29 is 23.8 Å². The topological polar surface area (TPSA) is 77.1 Å². The van der Waals surface area contributed by atoms with Gasteiger partial charge in [-0.1, -0.05) is 6.07 Å². The van der Waals surface area contributed by atoms with Crippen LogP contribution in [0.1, 0.15) is 34.0 Å². The Kier molecular flexibility index (Phi) is 6.36. The summed E-state index contributed by atoms with van der Waals surface area (Å²) in [7, 11) is 4.70. The van der Waals surface area contributed by atoms with Gasteiger partial charge in [-0.15, -0.1) is 11.3 Å². The molecule has 0 spiro atoms. The summed E-state index contributed by atoms with van der Waals surface area (Å²) >= 11 is 1.42. The number of amides is 2. The van der Waals surface area contributed by atoms with Crippen molar-refractivity contribution in [3.63, 3.8) is 0 Å². The highest BCUT2D eigenvalue weighted by Crippen LogP contribution is 2.43. The van der Waals surface area contributed by atoms with Crippen LogP contribution in [0.25, 0.3) is 0 Å². The Morgan fingerprint density at radius 3 is 2.35 bits per heavy atom. The molecule has 166 valence electrons. The van der Waals surface area contributed by atoms with E-state index in [2.05, 4.69) is 5.32 Å². The van der Waals surface area contributed by atoms with Crippen molar-refractivity contribution >= 4 is 23.2 Å². The van der Waals surface area contributed by atoms with E-state index in [4.69, 9.17) is 14.2 Å². The number of rotatable bonds is 8. The lowest BCUT2D eigenvalue weighted by Gasteiger charge is -2.21. The second kappa shape index (κ2) is 9.18. The van der Waals surface area contributed by atoms with Crippen LogP contribution < -0.4 is 19.5 Å². The Hall–Kier alpha value is -2.74. The van der Waals surface area contributed by atoms with E-state index in [0.29, 0.717) is 47.7 Å². The lowest BCUT2D eigenvalue weighted by molar-refractivity contribution is -0.125. The molecule has 2 aliphatic rings. The fourth-order valence-corrected chi connectivity index (χ4v) is 4.83. The van der Waals surface area contributed by atoms with Crippen molar-refractivity contribution in [3.05, 3.63) is 40.1 Å². The number of methoxy groups -OCH3 is 3. The third kappa shape index (κ3) is 4.49. The number of benzene rings is 1. The molecule has 1 saturated heterocycles. The fraction of sp³-hybridized carbons (Fsp3) is 0.478. The SMILES string of the molecule is COc1cc(C2CN(C(=O)c3cccs3)CC2C(=O)NCC2CC2)cc(OC)c1OC. The maximum atomic E-state index is 13.1. The van der Waals surface area contributed by atoms with Crippen molar-refractivity contribution in [1.29, 1.82) is 0 Å². The van der Waals surface area contributed by atoms with Gasteiger partial charge >= 0.3 is 0 Å². The highest BCUT2D eigenvalue weighted by atomic mass is 32.1. The van der Waals surface area contributed by atoms with Gasteiger partial charge in [-0.3, -0.25) is 9.59 Å². The van der Waals surface area contributed by atoms with Gasteiger partial charge < -0.3 is 24.4 Å². The molecule has 1 aromatic heterocycles. The number of thiophene rings is 1. The summed E-state index contributed by atoms with van der Waals surface area (Å²) in [6.45, 7) is 1.54. The predicted octanol–water partition coefficient (Wildman–Crippen LogP) is 3.16. The van der Waals surface area contributed by atoms with Gasteiger partial charge in [-0.25, -0.2) is 0 Å². The maximum absolute atomic E-state index is 13.1. The quantitative estimate of drug-likeness (QED) is 0.677. The van der Waals surface area contributed by atoms with Crippen LogP contribution in [0.2, 0.25) is 0 Å². The van der Waals surface area contributed by atoms with Gasteiger partial charge in [0.1, 0.15) is 0 Å². The summed E-state index contributed by atoms with van der Waals surface area (Å²) in [4.78, 5) is 28.6. The third-order valence-electron chi connectivity index (χ3n) is 6.05. The molecule has 1 N–H and O–H groups in total. The monoisotopic (exact) mass is 444 g/mol. The molecule has 1 aliphatic carbocycles. The fourth-order valence-electron chi connectivity index (χ4n) is 4.14. The normalized spacial score (nSPS) is 20.4. The van der Waals surface area contributed by atoms with Crippen molar-refractivity contribution in [2.24, 2.45) is 11.8 Å². The van der Waals surface area contributed by atoms with Crippen LogP contribution >= 0.6 is 11.3 Å². The van der Waals surface area contributed by atoms with Gasteiger partial charge in [0.15, 0.2) is 11.5 Å². The molecule has 2 heterocycles. The summed E-state index contributed by atoms with van der Waals surface area (Å²) < 4.78 is 16.5. The molecule has 2 fully saturated rings. The predicted molar refractivity (Wildman–Crippen MR) is 118 cm³/mol. The summed E-state index contributed by atoms with van der Waals surface area (Å²) in [5, 5.41) is 4.99. The molecular weight excluding hydrogens is 416 g/mol. The Morgan fingerprint density at radius 1 is 1.10 bits per heavy atom. The average Bonchev–Trinajstić information content (AvgIpc) is 3.27. The van der Waals surface area contributed by atoms with Gasteiger partial charge in [-0.2, -0.15) is 0 Å². The Labute approximate surface area is 186 Å². The molecule has 7 nitrogen and oxygen atoms in total. The molecule has 4 rings (SSSR count). The Bertz CT molecular complexity index is 916.